The number of halogens is 3. The van der Waals surface area contributed by atoms with E-state index in [4.69, 9.17) is 23.2 Å². The SMILES string of the molecule is O=C(CCc1ccccc1F)NCCSCc1ccc(Cl)cc1Cl. The molecule has 24 heavy (non-hydrogen) atoms. The first-order chi connectivity index (χ1) is 11.6. The Bertz CT molecular complexity index is 696. The minimum atomic E-state index is -0.263. The fourth-order valence-electron chi connectivity index (χ4n) is 2.12. The van der Waals surface area contributed by atoms with E-state index >= 15 is 0 Å². The lowest BCUT2D eigenvalue weighted by molar-refractivity contribution is -0.120. The van der Waals surface area contributed by atoms with Gasteiger partial charge in [-0.05, 0) is 35.7 Å². The first-order valence-corrected chi connectivity index (χ1v) is 9.49. The quantitative estimate of drug-likeness (QED) is 0.639. The molecule has 0 radical (unpaired) electrons. The summed E-state index contributed by atoms with van der Waals surface area (Å²) in [4.78, 5) is 11.8. The van der Waals surface area contributed by atoms with E-state index in [0.29, 0.717) is 28.6 Å². The van der Waals surface area contributed by atoms with Gasteiger partial charge in [0.25, 0.3) is 0 Å². The van der Waals surface area contributed by atoms with Gasteiger partial charge in [0, 0.05) is 34.5 Å². The van der Waals surface area contributed by atoms with Crippen molar-refractivity contribution >= 4 is 40.9 Å². The molecule has 0 heterocycles. The van der Waals surface area contributed by atoms with Crippen LogP contribution in [0.2, 0.25) is 10.0 Å². The van der Waals surface area contributed by atoms with Crippen LogP contribution in [-0.2, 0) is 17.0 Å². The number of carbonyl (C=O) groups is 1. The van der Waals surface area contributed by atoms with Gasteiger partial charge >= 0.3 is 0 Å². The standard InChI is InChI=1S/C18H18Cl2FNOS/c19-15-7-5-14(16(20)11-15)12-24-10-9-22-18(23)8-6-13-3-1-2-4-17(13)21/h1-5,7,11H,6,8-10,12H2,(H,22,23). The summed E-state index contributed by atoms with van der Waals surface area (Å²) < 4.78 is 13.5. The van der Waals surface area contributed by atoms with Crippen molar-refractivity contribution in [1.29, 1.82) is 0 Å². The molecule has 0 saturated heterocycles. The van der Waals surface area contributed by atoms with Crippen LogP contribution in [0.1, 0.15) is 17.5 Å². The smallest absolute Gasteiger partial charge is 0.220 e. The number of aryl methyl sites for hydroxylation is 1. The van der Waals surface area contributed by atoms with E-state index in [1.807, 2.05) is 12.1 Å². The summed E-state index contributed by atoms with van der Waals surface area (Å²) in [7, 11) is 0. The lowest BCUT2D eigenvalue weighted by atomic mass is 10.1. The van der Waals surface area contributed by atoms with Gasteiger partial charge in [0.15, 0.2) is 0 Å². The molecular formula is C18H18Cl2FNOS. The predicted octanol–water partition coefficient (Wildman–Crippen LogP) is 5.11. The zero-order valence-corrected chi connectivity index (χ0v) is 15.4. The molecule has 0 aliphatic carbocycles. The maximum atomic E-state index is 13.5. The number of carbonyl (C=O) groups excluding carboxylic acids is 1. The fraction of sp³-hybridized carbons (Fsp3) is 0.278. The van der Waals surface area contributed by atoms with Gasteiger partial charge in [-0.1, -0.05) is 47.5 Å². The van der Waals surface area contributed by atoms with Gasteiger partial charge in [-0.2, -0.15) is 11.8 Å². The average Bonchev–Trinajstić information content (AvgIpc) is 2.55. The van der Waals surface area contributed by atoms with Crippen LogP contribution in [0.25, 0.3) is 0 Å². The zero-order chi connectivity index (χ0) is 17.4. The highest BCUT2D eigenvalue weighted by Gasteiger charge is 2.06. The third-order valence-corrected chi connectivity index (χ3v) is 5.02. The number of amides is 1. The fourth-order valence-corrected chi connectivity index (χ4v) is 3.54. The number of hydrogen-bond donors (Lipinski definition) is 1. The lowest BCUT2D eigenvalue weighted by Crippen LogP contribution is -2.26. The van der Waals surface area contributed by atoms with Crippen LogP contribution in [0.15, 0.2) is 42.5 Å². The monoisotopic (exact) mass is 385 g/mol. The normalized spacial score (nSPS) is 10.6. The van der Waals surface area contributed by atoms with Crippen LogP contribution in [0.5, 0.6) is 0 Å². The molecule has 128 valence electrons. The van der Waals surface area contributed by atoms with Crippen LogP contribution >= 0.6 is 35.0 Å². The third kappa shape index (κ3) is 6.34. The molecule has 6 heteroatoms. The van der Waals surface area contributed by atoms with Crippen LogP contribution in [0.3, 0.4) is 0 Å². The summed E-state index contributed by atoms with van der Waals surface area (Å²) in [6.45, 7) is 0.575. The Morgan fingerprint density at radius 1 is 1.12 bits per heavy atom. The predicted molar refractivity (Wildman–Crippen MR) is 100 cm³/mol. The van der Waals surface area contributed by atoms with Crippen molar-refractivity contribution in [3.63, 3.8) is 0 Å². The van der Waals surface area contributed by atoms with Crippen molar-refractivity contribution in [1.82, 2.24) is 5.32 Å². The van der Waals surface area contributed by atoms with E-state index in [2.05, 4.69) is 5.32 Å². The van der Waals surface area contributed by atoms with Gasteiger partial charge in [0.2, 0.25) is 5.91 Å². The minimum absolute atomic E-state index is 0.0663. The third-order valence-electron chi connectivity index (χ3n) is 3.42. The van der Waals surface area contributed by atoms with Crippen LogP contribution in [0, 0.1) is 5.82 Å². The molecule has 0 fully saturated rings. The highest BCUT2D eigenvalue weighted by Crippen LogP contribution is 2.24. The van der Waals surface area contributed by atoms with E-state index < -0.39 is 0 Å². The van der Waals surface area contributed by atoms with E-state index in [9.17, 15) is 9.18 Å². The summed E-state index contributed by atoms with van der Waals surface area (Å²) in [5, 5.41) is 4.12. The second-order valence-electron chi connectivity index (χ2n) is 5.23. The van der Waals surface area contributed by atoms with E-state index in [-0.39, 0.29) is 18.1 Å². The zero-order valence-electron chi connectivity index (χ0n) is 13.0. The number of rotatable bonds is 8. The van der Waals surface area contributed by atoms with Gasteiger partial charge in [0.1, 0.15) is 5.82 Å². The first kappa shape index (κ1) is 19.1. The summed E-state index contributed by atoms with van der Waals surface area (Å²) in [6, 6.07) is 12.0. The van der Waals surface area contributed by atoms with Crippen molar-refractivity contribution in [2.24, 2.45) is 0 Å². The molecule has 0 bridgehead atoms. The average molecular weight is 386 g/mol. The van der Waals surface area contributed by atoms with Crippen molar-refractivity contribution in [3.05, 3.63) is 69.5 Å². The Morgan fingerprint density at radius 2 is 1.92 bits per heavy atom. The molecule has 0 aromatic heterocycles. The van der Waals surface area contributed by atoms with Crippen molar-refractivity contribution in [2.45, 2.75) is 18.6 Å². The molecule has 1 N–H and O–H groups in total. The second-order valence-corrected chi connectivity index (χ2v) is 7.18. The Balaban J connectivity index is 1.62. The number of hydrogen-bond acceptors (Lipinski definition) is 2. The maximum absolute atomic E-state index is 13.5. The topological polar surface area (TPSA) is 29.1 Å². The largest absolute Gasteiger partial charge is 0.355 e. The van der Waals surface area contributed by atoms with E-state index in [1.165, 1.54) is 6.07 Å². The Kier molecular flexibility index (Phi) is 7.89. The summed E-state index contributed by atoms with van der Waals surface area (Å²) in [6.07, 6.45) is 0.695. The summed E-state index contributed by atoms with van der Waals surface area (Å²) in [5.74, 6) is 1.22. The van der Waals surface area contributed by atoms with Crippen LogP contribution in [-0.4, -0.2) is 18.2 Å². The highest BCUT2D eigenvalue weighted by molar-refractivity contribution is 7.98. The molecule has 2 rings (SSSR count). The number of thioether (sulfide) groups is 1. The molecule has 0 spiro atoms. The van der Waals surface area contributed by atoms with Gasteiger partial charge < -0.3 is 5.32 Å². The molecule has 0 aliphatic rings. The Labute approximate surface area is 155 Å². The van der Waals surface area contributed by atoms with Crippen molar-refractivity contribution in [3.8, 4) is 0 Å². The number of benzene rings is 2. The first-order valence-electron chi connectivity index (χ1n) is 7.58. The Morgan fingerprint density at radius 3 is 2.67 bits per heavy atom. The molecule has 2 aromatic rings. The van der Waals surface area contributed by atoms with Gasteiger partial charge in [-0.15, -0.1) is 0 Å². The van der Waals surface area contributed by atoms with E-state index in [0.717, 1.165) is 17.1 Å². The molecular weight excluding hydrogens is 368 g/mol. The molecule has 0 aliphatic heterocycles. The maximum Gasteiger partial charge on any atom is 0.220 e. The molecule has 1 amide bonds. The number of nitrogens with one attached hydrogen (secondary N) is 1. The van der Waals surface area contributed by atoms with Crippen LogP contribution < -0.4 is 5.32 Å². The van der Waals surface area contributed by atoms with Gasteiger partial charge in [-0.3, -0.25) is 4.79 Å². The van der Waals surface area contributed by atoms with Crippen molar-refractivity contribution in [2.75, 3.05) is 12.3 Å². The molecule has 0 atom stereocenters. The van der Waals surface area contributed by atoms with Crippen molar-refractivity contribution < 1.29 is 9.18 Å². The second kappa shape index (κ2) is 9.92. The van der Waals surface area contributed by atoms with Crippen LogP contribution in [0.4, 0.5) is 4.39 Å². The van der Waals surface area contributed by atoms with E-state index in [1.54, 1.807) is 36.0 Å². The molecule has 2 aromatic carbocycles. The van der Waals surface area contributed by atoms with Gasteiger partial charge in [0.05, 0.1) is 0 Å². The highest BCUT2D eigenvalue weighted by atomic mass is 35.5. The summed E-state index contributed by atoms with van der Waals surface area (Å²) >= 11 is 13.6. The van der Waals surface area contributed by atoms with Gasteiger partial charge in [-0.25, -0.2) is 4.39 Å². The molecule has 0 saturated carbocycles. The Hall–Kier alpha value is -1.23. The molecule has 0 unspecified atom stereocenters. The summed E-state index contributed by atoms with van der Waals surface area (Å²) in [5.41, 5.74) is 1.59. The lowest BCUT2D eigenvalue weighted by Gasteiger charge is -2.07. The minimum Gasteiger partial charge on any atom is -0.355 e. The molecule has 2 nitrogen and oxygen atoms in total.